The highest BCUT2D eigenvalue weighted by Crippen LogP contribution is 2.05. The number of rotatable bonds is 0. The molecule has 5 heteroatoms. The maximum absolute atomic E-state index is 9.00. The summed E-state index contributed by atoms with van der Waals surface area (Å²) < 4.78 is 18.0. The van der Waals surface area contributed by atoms with Crippen LogP contribution in [0.5, 0.6) is 0 Å². The number of H-pyrrole nitrogens is 1. The molecular weight excluding hydrogens is 188 g/mol. The third kappa shape index (κ3) is 3.35. The first-order valence-corrected chi connectivity index (χ1v) is 5.07. The highest BCUT2D eigenvalue weighted by atomic mass is 32.2. The molecule has 0 saturated carbocycles. The van der Waals surface area contributed by atoms with Gasteiger partial charge in [0.15, 0.2) is 0 Å². The third-order valence-corrected chi connectivity index (χ3v) is 1.33. The molecule has 1 N–H and O–H groups in total. The molecule has 0 fully saturated rings. The summed E-state index contributed by atoms with van der Waals surface area (Å²) in [5, 5.41) is 0. The lowest BCUT2D eigenvalue weighted by Crippen LogP contribution is -1.73. The fraction of sp³-hybridized carbons (Fsp3) is 0.125. The largest absolute Gasteiger partial charge is 0.773 e. The molecule has 1 unspecified atom stereocenters. The van der Waals surface area contributed by atoms with Crippen molar-refractivity contribution >= 4 is 22.1 Å². The zero-order valence-electron chi connectivity index (χ0n) is 7.06. The summed E-state index contributed by atoms with van der Waals surface area (Å²) in [6.07, 6.45) is 2.78. The van der Waals surface area contributed by atoms with Gasteiger partial charge in [-0.05, 0) is 18.4 Å². The first-order chi connectivity index (χ1) is 6.20. The lowest BCUT2D eigenvalue weighted by atomic mass is 10.3. The van der Waals surface area contributed by atoms with Crippen molar-refractivity contribution in [3.05, 3.63) is 30.6 Å². The Bertz CT molecular complexity index is 365. The van der Waals surface area contributed by atoms with E-state index >= 15 is 0 Å². The monoisotopic (exact) mass is 197 g/mol. The normalized spacial score (nSPS) is 11.8. The minimum atomic E-state index is -1.86. The van der Waals surface area contributed by atoms with E-state index in [9.17, 15) is 0 Å². The summed E-state index contributed by atoms with van der Waals surface area (Å²) in [5.74, 6) is 0. The van der Waals surface area contributed by atoms with Crippen LogP contribution in [0, 0.1) is 0 Å². The quantitative estimate of drug-likeness (QED) is 0.642. The Morgan fingerprint density at radius 2 is 2.08 bits per heavy atom. The Kier molecular flexibility index (Phi) is 3.60. The van der Waals surface area contributed by atoms with Crippen molar-refractivity contribution in [2.45, 2.75) is 0 Å². The van der Waals surface area contributed by atoms with E-state index in [0.29, 0.717) is 0 Å². The maximum Gasteiger partial charge on any atom is 0.0931 e. The van der Waals surface area contributed by atoms with E-state index in [-0.39, 0.29) is 0 Å². The van der Waals surface area contributed by atoms with E-state index in [1.807, 2.05) is 24.3 Å². The Morgan fingerprint density at radius 3 is 2.69 bits per heavy atom. The first-order valence-electron chi connectivity index (χ1n) is 3.59. The molecule has 0 aliphatic rings. The molecule has 0 aliphatic heterocycles. The highest BCUT2D eigenvalue weighted by molar-refractivity contribution is 7.78. The van der Waals surface area contributed by atoms with Gasteiger partial charge in [0.05, 0.1) is 17.4 Å². The molecule has 4 nitrogen and oxygen atoms in total. The van der Waals surface area contributed by atoms with Gasteiger partial charge in [-0.2, -0.15) is 0 Å². The van der Waals surface area contributed by atoms with Crippen molar-refractivity contribution in [3.63, 3.8) is 0 Å². The van der Waals surface area contributed by atoms with Crippen LogP contribution < -0.4 is 0 Å². The molecule has 0 radical (unpaired) electrons. The number of hydrogen-bond donors (Lipinski definition) is 1. The van der Waals surface area contributed by atoms with E-state index in [0.717, 1.165) is 17.3 Å². The Morgan fingerprint density at radius 1 is 1.46 bits per heavy atom. The summed E-state index contributed by atoms with van der Waals surface area (Å²) in [4.78, 5) is 7.07. The number of aromatic nitrogens is 2. The number of benzene rings is 1. The molecule has 1 heterocycles. The Balaban J connectivity index is 0.000000184. The van der Waals surface area contributed by atoms with Crippen LogP contribution in [-0.2, 0) is 11.1 Å². The zero-order valence-corrected chi connectivity index (χ0v) is 7.88. The van der Waals surface area contributed by atoms with Crippen molar-refractivity contribution in [2.24, 2.45) is 0 Å². The maximum atomic E-state index is 9.00. The van der Waals surface area contributed by atoms with Gasteiger partial charge in [0.1, 0.15) is 0 Å². The summed E-state index contributed by atoms with van der Waals surface area (Å²) in [6, 6.07) is 7.94. The summed E-state index contributed by atoms with van der Waals surface area (Å²) in [6.45, 7) is 0. The molecular formula is C8H9N2O2S-. The van der Waals surface area contributed by atoms with Crippen LogP contribution in [-0.4, -0.2) is 25.0 Å². The lowest BCUT2D eigenvalue weighted by Gasteiger charge is -1.85. The molecule has 0 bridgehead atoms. The number of nitrogens with one attached hydrogen (secondary N) is 1. The number of nitrogens with zero attached hydrogens (tertiary/aromatic N) is 1. The Labute approximate surface area is 78.3 Å². The van der Waals surface area contributed by atoms with Crippen LogP contribution in [0.15, 0.2) is 30.6 Å². The van der Waals surface area contributed by atoms with Gasteiger partial charge in [-0.1, -0.05) is 23.2 Å². The molecule has 1 atom stereocenters. The second-order valence-electron chi connectivity index (χ2n) is 2.32. The minimum absolute atomic E-state index is 1.03. The smallest absolute Gasteiger partial charge is 0.0931 e. The topological polar surface area (TPSA) is 68.8 Å². The van der Waals surface area contributed by atoms with Crippen LogP contribution >= 0.6 is 0 Å². The van der Waals surface area contributed by atoms with E-state index in [1.165, 1.54) is 0 Å². The van der Waals surface area contributed by atoms with Gasteiger partial charge in [-0.25, -0.2) is 4.98 Å². The van der Waals surface area contributed by atoms with Gasteiger partial charge in [0, 0.05) is 0 Å². The standard InChI is InChI=1S/C7H6N2.CH4O2S/c1-2-4-7-6(3-1)8-5-9-7;1-4(2)3/h1-5H,(H,8,9);1H3,(H,2,3)/p-1. The van der Waals surface area contributed by atoms with E-state index < -0.39 is 11.1 Å². The number of hydrogen-bond acceptors (Lipinski definition) is 3. The number of fused-ring (bicyclic) bond motifs is 1. The molecule has 2 rings (SSSR count). The molecule has 13 heavy (non-hydrogen) atoms. The fourth-order valence-corrected chi connectivity index (χ4v) is 0.880. The van der Waals surface area contributed by atoms with Gasteiger partial charge in [0.25, 0.3) is 0 Å². The van der Waals surface area contributed by atoms with Crippen molar-refractivity contribution in [1.29, 1.82) is 0 Å². The van der Waals surface area contributed by atoms with Crippen LogP contribution in [0.25, 0.3) is 11.0 Å². The SMILES string of the molecule is CS(=O)[O-].c1ccc2[nH]cnc2c1. The lowest BCUT2D eigenvalue weighted by molar-refractivity contribution is 0.543. The van der Waals surface area contributed by atoms with E-state index in [1.54, 1.807) is 6.33 Å². The number of imidazole rings is 1. The summed E-state index contributed by atoms with van der Waals surface area (Å²) in [5.41, 5.74) is 2.12. The van der Waals surface area contributed by atoms with Gasteiger partial charge < -0.3 is 9.54 Å². The molecule has 1 aromatic heterocycles. The van der Waals surface area contributed by atoms with E-state index in [2.05, 4.69) is 9.97 Å². The zero-order chi connectivity index (χ0) is 9.68. The first kappa shape index (κ1) is 9.88. The molecule has 1 aromatic carbocycles. The van der Waals surface area contributed by atoms with Crippen molar-refractivity contribution in [2.75, 3.05) is 6.26 Å². The average molecular weight is 197 g/mol. The highest BCUT2D eigenvalue weighted by Gasteiger charge is 1.88. The molecule has 0 aliphatic carbocycles. The van der Waals surface area contributed by atoms with Crippen molar-refractivity contribution < 1.29 is 8.76 Å². The second-order valence-corrected chi connectivity index (χ2v) is 3.12. The van der Waals surface area contributed by atoms with Gasteiger partial charge in [0.2, 0.25) is 0 Å². The molecule has 70 valence electrons. The Hall–Kier alpha value is -1.20. The molecule has 0 spiro atoms. The molecule has 0 amide bonds. The summed E-state index contributed by atoms with van der Waals surface area (Å²) in [7, 11) is 0. The predicted molar refractivity (Wildman–Crippen MR) is 50.9 cm³/mol. The van der Waals surface area contributed by atoms with E-state index in [4.69, 9.17) is 8.76 Å². The van der Waals surface area contributed by atoms with Crippen molar-refractivity contribution in [3.8, 4) is 0 Å². The minimum Gasteiger partial charge on any atom is -0.773 e. The van der Waals surface area contributed by atoms with Gasteiger partial charge in [-0.3, -0.25) is 4.21 Å². The average Bonchev–Trinajstić information content (AvgIpc) is 2.49. The third-order valence-electron chi connectivity index (χ3n) is 1.33. The van der Waals surface area contributed by atoms with Crippen molar-refractivity contribution in [1.82, 2.24) is 9.97 Å². The van der Waals surface area contributed by atoms with Crippen LogP contribution in [0.3, 0.4) is 0 Å². The van der Waals surface area contributed by atoms with Gasteiger partial charge in [-0.15, -0.1) is 0 Å². The summed E-state index contributed by atoms with van der Waals surface area (Å²) >= 11 is -1.86. The van der Waals surface area contributed by atoms with Crippen LogP contribution in [0.4, 0.5) is 0 Å². The second kappa shape index (κ2) is 4.74. The van der Waals surface area contributed by atoms with Crippen LogP contribution in [0.1, 0.15) is 0 Å². The van der Waals surface area contributed by atoms with Gasteiger partial charge >= 0.3 is 0 Å². The van der Waals surface area contributed by atoms with Crippen LogP contribution in [0.2, 0.25) is 0 Å². The number of para-hydroxylation sites is 2. The predicted octanol–water partition coefficient (Wildman–Crippen LogP) is 1.06. The number of aromatic amines is 1. The fourth-order valence-electron chi connectivity index (χ4n) is 0.880. The molecule has 2 aromatic rings. The molecule has 0 saturated heterocycles.